The van der Waals surface area contributed by atoms with Crippen molar-refractivity contribution in [3.05, 3.63) is 28.7 Å². The number of hydrogen-bond acceptors (Lipinski definition) is 2. The maximum atomic E-state index is 12.3. The topological polar surface area (TPSA) is 41.1 Å². The van der Waals surface area contributed by atoms with Crippen LogP contribution < -0.4 is 10.6 Å². The first-order valence-electron chi connectivity index (χ1n) is 5.98. The van der Waals surface area contributed by atoms with Crippen LogP contribution >= 0.6 is 28.3 Å². The molecule has 0 saturated carbocycles. The minimum Gasteiger partial charge on any atom is -0.324 e. The van der Waals surface area contributed by atoms with E-state index in [1.807, 2.05) is 24.3 Å². The zero-order valence-corrected chi connectivity index (χ0v) is 12.7. The number of halogens is 2. The maximum Gasteiger partial charge on any atom is 0.244 e. The fourth-order valence-electron chi connectivity index (χ4n) is 2.25. The van der Waals surface area contributed by atoms with Crippen LogP contribution in [0.5, 0.6) is 0 Å². The van der Waals surface area contributed by atoms with Crippen molar-refractivity contribution >= 4 is 39.9 Å². The summed E-state index contributed by atoms with van der Waals surface area (Å²) in [6.07, 6.45) is 2.82. The summed E-state index contributed by atoms with van der Waals surface area (Å²) in [6.45, 7) is 2.99. The van der Waals surface area contributed by atoms with Crippen molar-refractivity contribution < 1.29 is 4.79 Å². The van der Waals surface area contributed by atoms with Crippen LogP contribution in [0.25, 0.3) is 0 Å². The maximum absolute atomic E-state index is 12.3. The smallest absolute Gasteiger partial charge is 0.244 e. The normalized spacial score (nSPS) is 22.3. The second kappa shape index (κ2) is 6.55. The lowest BCUT2D eigenvalue weighted by atomic mass is 9.93. The summed E-state index contributed by atoms with van der Waals surface area (Å²) in [4.78, 5) is 12.3. The Morgan fingerprint density at radius 1 is 1.44 bits per heavy atom. The van der Waals surface area contributed by atoms with E-state index in [1.165, 1.54) is 0 Å². The van der Waals surface area contributed by atoms with Crippen LogP contribution in [0.4, 0.5) is 5.69 Å². The molecule has 1 aliphatic heterocycles. The number of amides is 1. The van der Waals surface area contributed by atoms with Gasteiger partial charge in [-0.2, -0.15) is 0 Å². The average molecular weight is 334 g/mol. The Morgan fingerprint density at radius 2 is 2.11 bits per heavy atom. The number of benzene rings is 1. The van der Waals surface area contributed by atoms with Crippen molar-refractivity contribution in [2.45, 2.75) is 31.7 Å². The summed E-state index contributed by atoms with van der Waals surface area (Å²) in [5, 5.41) is 6.31. The highest BCUT2D eigenvalue weighted by atomic mass is 79.9. The van der Waals surface area contributed by atoms with Crippen molar-refractivity contribution in [2.24, 2.45) is 0 Å². The molecule has 1 amide bonds. The van der Waals surface area contributed by atoms with Crippen molar-refractivity contribution in [3.63, 3.8) is 0 Å². The van der Waals surface area contributed by atoms with E-state index in [1.54, 1.807) is 0 Å². The van der Waals surface area contributed by atoms with Gasteiger partial charge in [0.1, 0.15) is 0 Å². The number of nitrogens with one attached hydrogen (secondary N) is 2. The van der Waals surface area contributed by atoms with Gasteiger partial charge in [-0.15, -0.1) is 12.4 Å². The fraction of sp³-hybridized carbons (Fsp3) is 0.462. The zero-order chi connectivity index (χ0) is 12.3. The lowest BCUT2D eigenvalue weighted by Gasteiger charge is -2.26. The van der Waals surface area contributed by atoms with Crippen LogP contribution in [-0.2, 0) is 4.79 Å². The molecule has 1 saturated heterocycles. The van der Waals surface area contributed by atoms with E-state index in [9.17, 15) is 4.79 Å². The molecule has 1 aromatic carbocycles. The number of carbonyl (C=O) groups is 1. The van der Waals surface area contributed by atoms with Crippen molar-refractivity contribution in [1.82, 2.24) is 5.32 Å². The quantitative estimate of drug-likeness (QED) is 0.890. The molecule has 18 heavy (non-hydrogen) atoms. The highest BCUT2D eigenvalue weighted by Crippen LogP contribution is 2.25. The van der Waals surface area contributed by atoms with E-state index in [-0.39, 0.29) is 23.9 Å². The molecule has 1 atom stereocenters. The molecule has 0 radical (unpaired) electrons. The second-order valence-corrected chi connectivity index (χ2v) is 5.34. The van der Waals surface area contributed by atoms with Crippen molar-refractivity contribution in [2.75, 3.05) is 11.9 Å². The predicted molar refractivity (Wildman–Crippen MR) is 80.3 cm³/mol. The third-order valence-electron chi connectivity index (χ3n) is 3.38. The summed E-state index contributed by atoms with van der Waals surface area (Å²) in [5.41, 5.74) is 0.479. The van der Waals surface area contributed by atoms with Gasteiger partial charge in [-0.25, -0.2) is 0 Å². The van der Waals surface area contributed by atoms with Gasteiger partial charge in [0.2, 0.25) is 5.91 Å². The third kappa shape index (κ3) is 3.25. The number of hydrogen-bond donors (Lipinski definition) is 2. The van der Waals surface area contributed by atoms with Crippen LogP contribution in [0.2, 0.25) is 0 Å². The van der Waals surface area contributed by atoms with Gasteiger partial charge in [0.15, 0.2) is 0 Å². The Hall–Kier alpha value is -0.580. The molecule has 5 heteroatoms. The summed E-state index contributed by atoms with van der Waals surface area (Å²) >= 11 is 3.38. The monoisotopic (exact) mass is 332 g/mol. The molecule has 2 rings (SSSR count). The highest BCUT2D eigenvalue weighted by Gasteiger charge is 2.38. The Labute approximate surface area is 122 Å². The van der Waals surface area contributed by atoms with Crippen LogP contribution in [0.3, 0.4) is 0 Å². The lowest BCUT2D eigenvalue weighted by molar-refractivity contribution is -0.122. The van der Waals surface area contributed by atoms with Gasteiger partial charge in [-0.3, -0.25) is 4.79 Å². The lowest BCUT2D eigenvalue weighted by Crippen LogP contribution is -2.50. The summed E-state index contributed by atoms with van der Waals surface area (Å²) in [5.74, 6) is 0.0832. The predicted octanol–water partition coefficient (Wildman–Crippen LogP) is 3.34. The number of anilines is 1. The molecule has 0 aliphatic carbocycles. The molecule has 1 heterocycles. The van der Waals surface area contributed by atoms with Gasteiger partial charge in [0.05, 0.1) is 5.54 Å². The molecule has 1 fully saturated rings. The minimum absolute atomic E-state index is 0. The van der Waals surface area contributed by atoms with Gasteiger partial charge in [-0.1, -0.05) is 22.9 Å². The third-order valence-corrected chi connectivity index (χ3v) is 3.91. The van der Waals surface area contributed by atoms with Gasteiger partial charge < -0.3 is 10.6 Å². The van der Waals surface area contributed by atoms with Crippen LogP contribution in [0.15, 0.2) is 28.7 Å². The minimum atomic E-state index is -0.368. The molecule has 0 aromatic heterocycles. The molecule has 0 spiro atoms. The van der Waals surface area contributed by atoms with E-state index in [2.05, 4.69) is 33.5 Å². The van der Waals surface area contributed by atoms with Gasteiger partial charge in [0.25, 0.3) is 0 Å². The molecule has 2 N–H and O–H groups in total. The molecular weight excluding hydrogens is 316 g/mol. The first kappa shape index (κ1) is 15.5. The SMILES string of the molecule is CCC1(C(=O)Nc2ccc(Br)cc2)CCCN1.Cl. The fourth-order valence-corrected chi connectivity index (χ4v) is 2.51. The summed E-state index contributed by atoms with van der Waals surface area (Å²) in [7, 11) is 0. The van der Waals surface area contributed by atoms with Crippen LogP contribution in [-0.4, -0.2) is 18.0 Å². The van der Waals surface area contributed by atoms with Gasteiger partial charge in [-0.05, 0) is 50.1 Å². The highest BCUT2D eigenvalue weighted by molar-refractivity contribution is 9.10. The van der Waals surface area contributed by atoms with E-state index >= 15 is 0 Å². The first-order valence-corrected chi connectivity index (χ1v) is 6.78. The van der Waals surface area contributed by atoms with E-state index in [4.69, 9.17) is 0 Å². The van der Waals surface area contributed by atoms with Crippen LogP contribution in [0.1, 0.15) is 26.2 Å². The number of carbonyl (C=O) groups excluding carboxylic acids is 1. The van der Waals surface area contributed by atoms with Crippen molar-refractivity contribution in [1.29, 1.82) is 0 Å². The molecule has 1 unspecified atom stereocenters. The Balaban J connectivity index is 0.00000162. The summed E-state index contributed by atoms with van der Waals surface area (Å²) in [6, 6.07) is 7.66. The molecule has 1 aromatic rings. The average Bonchev–Trinajstić information content (AvgIpc) is 2.82. The van der Waals surface area contributed by atoms with Crippen LogP contribution in [0, 0.1) is 0 Å². The van der Waals surface area contributed by atoms with Gasteiger partial charge >= 0.3 is 0 Å². The Kier molecular flexibility index (Phi) is 5.63. The second-order valence-electron chi connectivity index (χ2n) is 4.43. The first-order chi connectivity index (χ1) is 8.16. The Bertz CT molecular complexity index is 402. The van der Waals surface area contributed by atoms with E-state index < -0.39 is 0 Å². The molecular formula is C13H18BrClN2O. The van der Waals surface area contributed by atoms with Gasteiger partial charge in [0, 0.05) is 10.2 Å². The van der Waals surface area contributed by atoms with E-state index in [0.29, 0.717) is 0 Å². The molecule has 1 aliphatic rings. The number of rotatable bonds is 3. The Morgan fingerprint density at radius 3 is 2.61 bits per heavy atom. The molecule has 100 valence electrons. The zero-order valence-electron chi connectivity index (χ0n) is 10.3. The largest absolute Gasteiger partial charge is 0.324 e. The molecule has 3 nitrogen and oxygen atoms in total. The van der Waals surface area contributed by atoms with Crippen molar-refractivity contribution in [3.8, 4) is 0 Å². The molecule has 0 bridgehead atoms. The summed E-state index contributed by atoms with van der Waals surface area (Å²) < 4.78 is 1.01. The standard InChI is InChI=1S/C13H17BrN2O.ClH/c1-2-13(8-3-9-15-13)12(17)16-11-6-4-10(14)5-7-11;/h4-7,15H,2-3,8-9H2,1H3,(H,16,17);1H. The van der Waals surface area contributed by atoms with E-state index in [0.717, 1.165) is 36.0 Å².